The molecule has 2 rings (SSSR count). The van der Waals surface area contributed by atoms with Gasteiger partial charge in [-0.1, -0.05) is 6.07 Å². The molecular formula is C22H29FN4O3. The van der Waals surface area contributed by atoms with Crippen LogP contribution in [0, 0.1) is 5.82 Å². The number of benzene rings is 1. The third-order valence-electron chi connectivity index (χ3n) is 3.89. The summed E-state index contributed by atoms with van der Waals surface area (Å²) in [6, 6.07) is 7.06. The average molecular weight is 416 g/mol. The first-order chi connectivity index (χ1) is 14.0. The number of ether oxygens (including phenoxy) is 1. The third kappa shape index (κ3) is 6.43. The molecule has 30 heavy (non-hydrogen) atoms. The highest BCUT2D eigenvalue weighted by molar-refractivity contribution is 6.01. The first-order valence-electron chi connectivity index (χ1n) is 9.78. The number of halogens is 1. The van der Waals surface area contributed by atoms with Crippen molar-refractivity contribution in [3.63, 3.8) is 0 Å². The molecule has 2 amide bonds. The molecule has 162 valence electrons. The van der Waals surface area contributed by atoms with Crippen molar-refractivity contribution in [2.24, 2.45) is 0 Å². The Balaban J connectivity index is 2.30. The van der Waals surface area contributed by atoms with Gasteiger partial charge in [-0.05, 0) is 65.8 Å². The fraction of sp³-hybridized carbons (Fsp3) is 0.409. The number of hydrogen-bond acceptors (Lipinski definition) is 5. The summed E-state index contributed by atoms with van der Waals surface area (Å²) in [6.07, 6.45) is 0.880. The predicted molar refractivity (Wildman–Crippen MR) is 116 cm³/mol. The van der Waals surface area contributed by atoms with Gasteiger partial charge >= 0.3 is 6.09 Å². The molecule has 1 unspecified atom stereocenters. The molecule has 1 atom stereocenters. The van der Waals surface area contributed by atoms with Crippen LogP contribution < -0.4 is 16.0 Å². The summed E-state index contributed by atoms with van der Waals surface area (Å²) in [4.78, 5) is 28.8. The highest BCUT2D eigenvalue weighted by Crippen LogP contribution is 2.36. The summed E-state index contributed by atoms with van der Waals surface area (Å²) in [5, 5.41) is 8.44. The van der Waals surface area contributed by atoms with E-state index in [0.717, 1.165) is 0 Å². The maximum atomic E-state index is 14.7. The summed E-state index contributed by atoms with van der Waals surface area (Å²) in [5.41, 5.74) is 0.822. The zero-order valence-corrected chi connectivity index (χ0v) is 18.2. The lowest BCUT2D eigenvalue weighted by molar-refractivity contribution is -0.117. The largest absolute Gasteiger partial charge is 0.444 e. The third-order valence-corrected chi connectivity index (χ3v) is 3.89. The summed E-state index contributed by atoms with van der Waals surface area (Å²) in [7, 11) is 0. The van der Waals surface area contributed by atoms with E-state index in [9.17, 15) is 14.0 Å². The normalized spacial score (nSPS) is 12.3. The van der Waals surface area contributed by atoms with Crippen molar-refractivity contribution in [2.75, 3.05) is 10.6 Å². The maximum absolute atomic E-state index is 14.7. The van der Waals surface area contributed by atoms with Gasteiger partial charge in [0, 0.05) is 12.2 Å². The second kappa shape index (κ2) is 9.56. The van der Waals surface area contributed by atoms with Gasteiger partial charge in [-0.15, -0.1) is 0 Å². The van der Waals surface area contributed by atoms with Crippen LogP contribution in [0.3, 0.4) is 0 Å². The van der Waals surface area contributed by atoms with Crippen molar-refractivity contribution in [3.8, 4) is 11.3 Å². The molecule has 0 fully saturated rings. The molecule has 0 radical (unpaired) electrons. The number of amides is 2. The summed E-state index contributed by atoms with van der Waals surface area (Å²) >= 11 is 0. The van der Waals surface area contributed by atoms with Crippen LogP contribution in [-0.2, 0) is 9.53 Å². The van der Waals surface area contributed by atoms with E-state index in [4.69, 9.17) is 4.74 Å². The van der Waals surface area contributed by atoms with Crippen molar-refractivity contribution >= 4 is 23.4 Å². The minimum absolute atomic E-state index is 0.0257. The highest BCUT2D eigenvalue weighted by atomic mass is 19.1. The summed E-state index contributed by atoms with van der Waals surface area (Å²) in [6.45, 7) is 10.6. The van der Waals surface area contributed by atoms with Gasteiger partial charge in [0.2, 0.25) is 5.91 Å². The molecule has 0 saturated carbocycles. The van der Waals surface area contributed by atoms with Crippen molar-refractivity contribution in [1.82, 2.24) is 10.3 Å². The second-order valence-electron chi connectivity index (χ2n) is 8.22. The Kier molecular flexibility index (Phi) is 7.37. The van der Waals surface area contributed by atoms with Crippen LogP contribution in [0.2, 0.25) is 0 Å². The van der Waals surface area contributed by atoms with E-state index in [2.05, 4.69) is 20.9 Å². The van der Waals surface area contributed by atoms with Gasteiger partial charge in [-0.3, -0.25) is 9.78 Å². The number of aromatic nitrogens is 1. The molecule has 0 bridgehead atoms. The smallest absolute Gasteiger partial charge is 0.408 e. The lowest BCUT2D eigenvalue weighted by atomic mass is 10.0. The molecule has 7 nitrogen and oxygen atoms in total. The van der Waals surface area contributed by atoms with Crippen LogP contribution in [0.1, 0.15) is 41.5 Å². The number of carbonyl (C=O) groups excluding carboxylic acids is 2. The standard InChI is InChI=1S/C22H29FN4O3/c1-13(2)25-19-17(11-10-15(23)18(19)16-9-7-8-12-24-16)27-20(28)14(3)26-21(29)30-22(4,5)6/h7-14,25H,1-6H3,(H,26,29)(H,27,28). The van der Waals surface area contributed by atoms with Gasteiger partial charge in [-0.2, -0.15) is 0 Å². The van der Waals surface area contributed by atoms with Crippen LogP contribution in [0.25, 0.3) is 11.3 Å². The molecule has 1 heterocycles. The van der Waals surface area contributed by atoms with Gasteiger partial charge in [0.1, 0.15) is 17.5 Å². The predicted octanol–water partition coefficient (Wildman–Crippen LogP) is 4.56. The number of hydrogen-bond donors (Lipinski definition) is 3. The van der Waals surface area contributed by atoms with Gasteiger partial charge in [-0.25, -0.2) is 9.18 Å². The van der Waals surface area contributed by atoms with Crippen LogP contribution in [-0.4, -0.2) is 34.7 Å². The molecule has 0 saturated heterocycles. The van der Waals surface area contributed by atoms with E-state index in [1.54, 1.807) is 45.2 Å². The Morgan fingerprint density at radius 1 is 1.10 bits per heavy atom. The molecule has 8 heteroatoms. The minimum atomic E-state index is -0.866. The van der Waals surface area contributed by atoms with Crippen molar-refractivity contribution in [2.45, 2.75) is 59.2 Å². The van der Waals surface area contributed by atoms with Gasteiger partial charge in [0.05, 0.1) is 22.6 Å². The van der Waals surface area contributed by atoms with Gasteiger partial charge in [0.15, 0.2) is 0 Å². The zero-order chi connectivity index (χ0) is 22.5. The van der Waals surface area contributed by atoms with E-state index < -0.39 is 29.5 Å². The van der Waals surface area contributed by atoms with Crippen molar-refractivity contribution in [1.29, 1.82) is 0 Å². The Morgan fingerprint density at radius 3 is 2.37 bits per heavy atom. The van der Waals surface area contributed by atoms with E-state index in [1.807, 2.05) is 13.8 Å². The molecule has 0 aliphatic heterocycles. The monoisotopic (exact) mass is 416 g/mol. The Labute approximate surface area is 176 Å². The number of alkyl carbamates (subject to hydrolysis) is 1. The van der Waals surface area contributed by atoms with Crippen LogP contribution >= 0.6 is 0 Å². The van der Waals surface area contributed by atoms with E-state index in [-0.39, 0.29) is 11.6 Å². The number of carbonyl (C=O) groups is 2. The number of anilines is 2. The van der Waals surface area contributed by atoms with Gasteiger partial charge < -0.3 is 20.7 Å². The summed E-state index contributed by atoms with van der Waals surface area (Å²) in [5.74, 6) is -0.930. The Hall–Kier alpha value is -3.16. The highest BCUT2D eigenvalue weighted by Gasteiger charge is 2.23. The molecule has 3 N–H and O–H groups in total. The van der Waals surface area contributed by atoms with Gasteiger partial charge in [0.25, 0.3) is 0 Å². The van der Waals surface area contributed by atoms with Crippen LogP contribution in [0.5, 0.6) is 0 Å². The maximum Gasteiger partial charge on any atom is 0.408 e. The first-order valence-corrected chi connectivity index (χ1v) is 9.78. The molecule has 2 aromatic rings. The lowest BCUT2D eigenvalue weighted by Crippen LogP contribution is -2.44. The van der Waals surface area contributed by atoms with Crippen LogP contribution in [0.15, 0.2) is 36.5 Å². The number of nitrogens with zero attached hydrogens (tertiary/aromatic N) is 1. The fourth-order valence-corrected chi connectivity index (χ4v) is 2.67. The SMILES string of the molecule is CC(C)Nc1c(NC(=O)C(C)NC(=O)OC(C)(C)C)ccc(F)c1-c1ccccn1. The van der Waals surface area contributed by atoms with Crippen molar-refractivity contribution in [3.05, 3.63) is 42.3 Å². The average Bonchev–Trinajstić information content (AvgIpc) is 2.62. The topological polar surface area (TPSA) is 92.3 Å². The summed E-state index contributed by atoms with van der Waals surface area (Å²) < 4.78 is 19.9. The molecule has 1 aromatic carbocycles. The number of rotatable bonds is 6. The number of nitrogens with one attached hydrogen (secondary N) is 3. The molecule has 0 aliphatic carbocycles. The fourth-order valence-electron chi connectivity index (χ4n) is 2.67. The molecule has 1 aromatic heterocycles. The Bertz CT molecular complexity index is 895. The minimum Gasteiger partial charge on any atom is -0.444 e. The van der Waals surface area contributed by atoms with E-state index in [0.29, 0.717) is 17.1 Å². The van der Waals surface area contributed by atoms with E-state index in [1.165, 1.54) is 19.1 Å². The molecule has 0 aliphatic rings. The van der Waals surface area contributed by atoms with E-state index >= 15 is 0 Å². The molecule has 0 spiro atoms. The van der Waals surface area contributed by atoms with Crippen molar-refractivity contribution < 1.29 is 18.7 Å². The Morgan fingerprint density at radius 2 is 1.80 bits per heavy atom. The zero-order valence-electron chi connectivity index (χ0n) is 18.2. The van der Waals surface area contributed by atoms with Crippen LogP contribution in [0.4, 0.5) is 20.6 Å². The first kappa shape index (κ1) is 23.1. The number of pyridine rings is 1. The lowest BCUT2D eigenvalue weighted by Gasteiger charge is -2.23. The quantitative estimate of drug-likeness (QED) is 0.642. The molecular weight excluding hydrogens is 387 g/mol. The second-order valence-corrected chi connectivity index (χ2v) is 8.22.